The number of hydrogen-bond acceptors (Lipinski definition) is 5. The van der Waals surface area contributed by atoms with Crippen LogP contribution in [0.4, 0.5) is 0 Å². The normalized spacial score (nSPS) is 14.3. The second-order valence-electron chi connectivity index (χ2n) is 11.1. The molecule has 0 saturated heterocycles. The Kier molecular flexibility index (Phi) is 9.64. The summed E-state index contributed by atoms with van der Waals surface area (Å²) in [6, 6.07) is 11.1. The molecule has 0 aliphatic carbocycles. The van der Waals surface area contributed by atoms with Crippen LogP contribution in [-0.2, 0) is 32.0 Å². The number of H-pyrrole nitrogens is 2. The number of nitrogens with one attached hydrogen (secondary N) is 5. The lowest BCUT2D eigenvalue weighted by Gasteiger charge is -2.24. The number of rotatable bonds is 13. The number of fused-ring (bicyclic) bond motifs is 2. The molecule has 8 N–H and O–H groups in total. The number of carbonyl (C=O) groups is 4. The van der Waals surface area contributed by atoms with Crippen molar-refractivity contribution < 1.29 is 24.3 Å². The molecule has 2 aromatic carbocycles. The van der Waals surface area contributed by atoms with Gasteiger partial charge in [-0.1, -0.05) is 50.2 Å². The van der Waals surface area contributed by atoms with Crippen LogP contribution in [0.1, 0.15) is 38.3 Å². The highest BCUT2D eigenvalue weighted by atomic mass is 16.4. The van der Waals surface area contributed by atoms with Gasteiger partial charge in [0.05, 0.1) is 6.04 Å². The molecule has 0 spiro atoms. The first kappa shape index (κ1) is 30.3. The summed E-state index contributed by atoms with van der Waals surface area (Å²) in [5.41, 5.74) is 9.67. The van der Waals surface area contributed by atoms with Crippen LogP contribution in [0.25, 0.3) is 21.8 Å². The standard InChI is InChI=1S/C31H38N6O5/c1-17(2)12-26(36-29(39)23(32)13-19-15-33-24-10-6-4-8-21(19)24)30(40)35-18(3)28(38)37-27(31(41)42)14-20-16-34-25-11-7-5-9-22(20)25/h4-11,15-18,23,26-27,33-34H,12-14,32H2,1-3H3,(H,35,40)(H,36,39)(H,37,38)(H,41,42). The van der Waals surface area contributed by atoms with Crippen molar-refractivity contribution in [3.63, 3.8) is 0 Å². The van der Waals surface area contributed by atoms with Crippen molar-refractivity contribution >= 4 is 45.5 Å². The molecule has 4 aromatic rings. The van der Waals surface area contributed by atoms with E-state index >= 15 is 0 Å². The molecule has 0 saturated carbocycles. The quantitative estimate of drug-likeness (QED) is 0.129. The summed E-state index contributed by atoms with van der Waals surface area (Å²) in [5, 5.41) is 19.5. The number of aliphatic carboxylic acids is 1. The highest BCUT2D eigenvalue weighted by Crippen LogP contribution is 2.20. The fraction of sp³-hybridized carbons (Fsp3) is 0.355. The van der Waals surface area contributed by atoms with Crippen LogP contribution in [0.3, 0.4) is 0 Å². The van der Waals surface area contributed by atoms with Gasteiger partial charge >= 0.3 is 5.97 Å². The van der Waals surface area contributed by atoms with Gasteiger partial charge in [0.1, 0.15) is 18.1 Å². The zero-order valence-corrected chi connectivity index (χ0v) is 23.9. The van der Waals surface area contributed by atoms with Gasteiger partial charge in [-0.2, -0.15) is 0 Å². The first-order valence-corrected chi connectivity index (χ1v) is 14.0. The Morgan fingerprint density at radius 3 is 1.81 bits per heavy atom. The van der Waals surface area contributed by atoms with E-state index in [9.17, 15) is 24.3 Å². The van der Waals surface area contributed by atoms with E-state index in [2.05, 4.69) is 25.9 Å². The molecule has 0 fully saturated rings. The number of amides is 3. The van der Waals surface area contributed by atoms with Crippen LogP contribution < -0.4 is 21.7 Å². The zero-order chi connectivity index (χ0) is 30.4. The van der Waals surface area contributed by atoms with Gasteiger partial charge < -0.3 is 36.8 Å². The van der Waals surface area contributed by atoms with Crippen molar-refractivity contribution in [1.29, 1.82) is 0 Å². The van der Waals surface area contributed by atoms with E-state index in [1.807, 2.05) is 68.6 Å². The van der Waals surface area contributed by atoms with Crippen LogP contribution in [0.2, 0.25) is 0 Å². The monoisotopic (exact) mass is 574 g/mol. The molecule has 0 aliphatic heterocycles. The smallest absolute Gasteiger partial charge is 0.326 e. The summed E-state index contributed by atoms with van der Waals surface area (Å²) in [6.07, 6.45) is 4.20. The first-order chi connectivity index (χ1) is 20.0. The molecule has 4 rings (SSSR count). The number of aromatic nitrogens is 2. The second kappa shape index (κ2) is 13.3. The number of carbonyl (C=O) groups excluding carboxylic acids is 3. The predicted octanol–water partition coefficient (Wildman–Crippen LogP) is 2.37. The van der Waals surface area contributed by atoms with Gasteiger partial charge in [-0.25, -0.2) is 4.79 Å². The Hall–Kier alpha value is -4.64. The molecular formula is C31H38N6O5. The van der Waals surface area contributed by atoms with Crippen molar-refractivity contribution in [2.45, 2.75) is 64.2 Å². The van der Waals surface area contributed by atoms with E-state index in [0.717, 1.165) is 32.9 Å². The van der Waals surface area contributed by atoms with Gasteiger partial charge in [-0.15, -0.1) is 0 Å². The molecular weight excluding hydrogens is 536 g/mol. The van der Waals surface area contributed by atoms with E-state index in [1.165, 1.54) is 6.92 Å². The fourth-order valence-corrected chi connectivity index (χ4v) is 5.01. The third-order valence-electron chi connectivity index (χ3n) is 7.26. The van der Waals surface area contributed by atoms with Crippen LogP contribution in [-0.4, -0.2) is 62.9 Å². The number of para-hydroxylation sites is 2. The third-order valence-corrected chi connectivity index (χ3v) is 7.26. The highest BCUT2D eigenvalue weighted by molar-refractivity contribution is 5.94. The number of benzene rings is 2. The van der Waals surface area contributed by atoms with E-state index in [0.29, 0.717) is 6.42 Å². The molecule has 2 heterocycles. The second-order valence-corrected chi connectivity index (χ2v) is 11.1. The van der Waals surface area contributed by atoms with Crippen molar-refractivity contribution in [3.8, 4) is 0 Å². The first-order valence-electron chi connectivity index (χ1n) is 14.0. The Morgan fingerprint density at radius 2 is 1.26 bits per heavy atom. The topological polar surface area (TPSA) is 182 Å². The Morgan fingerprint density at radius 1 is 0.738 bits per heavy atom. The lowest BCUT2D eigenvalue weighted by Crippen LogP contribution is -2.56. The molecule has 11 heteroatoms. The lowest BCUT2D eigenvalue weighted by molar-refractivity contribution is -0.142. The maximum atomic E-state index is 13.2. The average molecular weight is 575 g/mol. The van der Waals surface area contributed by atoms with Gasteiger partial charge in [0.25, 0.3) is 0 Å². The molecule has 222 valence electrons. The third kappa shape index (κ3) is 7.35. The van der Waals surface area contributed by atoms with Gasteiger partial charge in [0.15, 0.2) is 0 Å². The maximum Gasteiger partial charge on any atom is 0.326 e. The molecule has 3 amide bonds. The summed E-state index contributed by atoms with van der Waals surface area (Å²) in [7, 11) is 0. The molecule has 11 nitrogen and oxygen atoms in total. The van der Waals surface area contributed by atoms with Crippen molar-refractivity contribution in [2.75, 3.05) is 0 Å². The van der Waals surface area contributed by atoms with Gasteiger partial charge in [0.2, 0.25) is 17.7 Å². The summed E-state index contributed by atoms with van der Waals surface area (Å²) in [5.74, 6) is -2.82. The minimum atomic E-state index is -1.20. The van der Waals surface area contributed by atoms with E-state index in [4.69, 9.17) is 5.73 Å². The summed E-state index contributed by atoms with van der Waals surface area (Å²) >= 11 is 0. The van der Waals surface area contributed by atoms with Crippen molar-refractivity contribution in [3.05, 3.63) is 72.1 Å². The van der Waals surface area contributed by atoms with Gasteiger partial charge in [-0.3, -0.25) is 14.4 Å². The van der Waals surface area contributed by atoms with Crippen molar-refractivity contribution in [1.82, 2.24) is 25.9 Å². The Balaban J connectivity index is 1.36. The number of nitrogens with two attached hydrogens (primary N) is 1. The maximum absolute atomic E-state index is 13.2. The van der Waals surface area contributed by atoms with E-state index in [-0.39, 0.29) is 18.8 Å². The summed E-state index contributed by atoms with van der Waals surface area (Å²) < 4.78 is 0. The predicted molar refractivity (Wildman–Crippen MR) is 161 cm³/mol. The molecule has 0 bridgehead atoms. The lowest BCUT2D eigenvalue weighted by atomic mass is 10.0. The molecule has 4 atom stereocenters. The van der Waals surface area contributed by atoms with E-state index < -0.39 is 47.9 Å². The highest BCUT2D eigenvalue weighted by Gasteiger charge is 2.29. The molecule has 0 radical (unpaired) electrons. The van der Waals surface area contributed by atoms with Gasteiger partial charge in [-0.05, 0) is 48.9 Å². The number of carboxylic acid groups (broad SMARTS) is 1. The van der Waals surface area contributed by atoms with E-state index in [1.54, 1.807) is 6.20 Å². The van der Waals surface area contributed by atoms with Crippen LogP contribution in [0.15, 0.2) is 60.9 Å². The zero-order valence-electron chi connectivity index (χ0n) is 23.9. The SMILES string of the molecule is CC(C)CC(NC(=O)C(N)Cc1c[nH]c2ccccc12)C(=O)NC(C)C(=O)NC(Cc1c[nH]c2ccccc12)C(=O)O. The summed E-state index contributed by atoms with van der Waals surface area (Å²) in [6.45, 7) is 5.29. The Bertz CT molecular complexity index is 1570. The largest absolute Gasteiger partial charge is 0.480 e. The van der Waals surface area contributed by atoms with Crippen LogP contribution >= 0.6 is 0 Å². The van der Waals surface area contributed by atoms with Crippen LogP contribution in [0, 0.1) is 5.92 Å². The average Bonchev–Trinajstić information content (AvgIpc) is 3.56. The minimum absolute atomic E-state index is 0.0580. The molecule has 2 aromatic heterocycles. The van der Waals surface area contributed by atoms with Gasteiger partial charge in [0, 0.05) is 40.6 Å². The number of carboxylic acids is 1. The molecule has 42 heavy (non-hydrogen) atoms. The van der Waals surface area contributed by atoms with Crippen LogP contribution in [0.5, 0.6) is 0 Å². The van der Waals surface area contributed by atoms with Crippen molar-refractivity contribution in [2.24, 2.45) is 11.7 Å². The fourth-order valence-electron chi connectivity index (χ4n) is 5.01. The molecule has 4 unspecified atom stereocenters. The number of aromatic amines is 2. The molecule has 0 aliphatic rings. The number of hydrogen-bond donors (Lipinski definition) is 7. The Labute approximate surface area is 243 Å². The minimum Gasteiger partial charge on any atom is -0.480 e. The summed E-state index contributed by atoms with van der Waals surface area (Å²) in [4.78, 5) is 57.4.